The van der Waals surface area contributed by atoms with Gasteiger partial charge in [0, 0.05) is 12.1 Å². The van der Waals surface area contributed by atoms with E-state index < -0.39 is 5.97 Å². The Morgan fingerprint density at radius 3 is 3.00 bits per heavy atom. The Labute approximate surface area is 109 Å². The van der Waals surface area contributed by atoms with Crippen molar-refractivity contribution >= 4 is 12.0 Å². The number of ether oxygens (including phenoxy) is 1. The van der Waals surface area contributed by atoms with Crippen molar-refractivity contribution in [3.8, 4) is 11.3 Å². The number of carbonyl (C=O) groups excluding carboxylic acids is 1. The van der Waals surface area contributed by atoms with Crippen molar-refractivity contribution < 1.29 is 18.4 Å². The van der Waals surface area contributed by atoms with Crippen LogP contribution in [0.3, 0.4) is 0 Å². The zero-order valence-electron chi connectivity index (χ0n) is 10.3. The van der Waals surface area contributed by atoms with E-state index in [4.69, 9.17) is 9.26 Å². The summed E-state index contributed by atoms with van der Waals surface area (Å²) >= 11 is 0. The number of hydrogen-bond acceptors (Lipinski definition) is 4. The van der Waals surface area contributed by atoms with Crippen LogP contribution in [0.5, 0.6) is 0 Å². The van der Waals surface area contributed by atoms with Gasteiger partial charge in [0.25, 0.3) is 0 Å². The van der Waals surface area contributed by atoms with Crippen molar-refractivity contribution in [1.29, 1.82) is 0 Å². The highest BCUT2D eigenvalue weighted by molar-refractivity contribution is 5.86. The molecule has 0 bridgehead atoms. The number of carbonyl (C=O) groups is 1. The predicted molar refractivity (Wildman–Crippen MR) is 67.6 cm³/mol. The van der Waals surface area contributed by atoms with Crippen LogP contribution in [0.25, 0.3) is 17.4 Å². The fourth-order valence-electron chi connectivity index (χ4n) is 1.50. The number of halogens is 1. The second-order valence-corrected chi connectivity index (χ2v) is 3.68. The molecule has 0 spiro atoms. The van der Waals surface area contributed by atoms with Gasteiger partial charge in [-0.3, -0.25) is 0 Å². The van der Waals surface area contributed by atoms with E-state index in [0.717, 1.165) is 0 Å². The van der Waals surface area contributed by atoms with Gasteiger partial charge >= 0.3 is 5.97 Å². The van der Waals surface area contributed by atoms with Gasteiger partial charge in [0.15, 0.2) is 5.76 Å². The maximum absolute atomic E-state index is 13.5. The smallest absolute Gasteiger partial charge is 0.330 e. The van der Waals surface area contributed by atoms with E-state index in [0.29, 0.717) is 23.6 Å². The van der Waals surface area contributed by atoms with Gasteiger partial charge in [-0.1, -0.05) is 17.3 Å². The minimum absolute atomic E-state index is 0.307. The van der Waals surface area contributed by atoms with Crippen molar-refractivity contribution in [2.24, 2.45) is 0 Å². The SMILES string of the molecule is CCOC(=O)/C=C/c1cc(-c2ccccc2F)on1. The standard InChI is InChI=1S/C14H12FNO3/c1-2-18-14(17)8-7-10-9-13(19-16-10)11-5-3-4-6-12(11)15/h3-9H,2H2,1H3/b8-7+. The third-order valence-corrected chi connectivity index (χ3v) is 2.34. The van der Waals surface area contributed by atoms with Crippen molar-refractivity contribution in [3.63, 3.8) is 0 Å². The number of benzene rings is 1. The summed E-state index contributed by atoms with van der Waals surface area (Å²) in [5.74, 6) is -0.542. The third-order valence-electron chi connectivity index (χ3n) is 2.34. The summed E-state index contributed by atoms with van der Waals surface area (Å²) in [6.07, 6.45) is 2.69. The summed E-state index contributed by atoms with van der Waals surface area (Å²) in [6.45, 7) is 2.03. The van der Waals surface area contributed by atoms with Crippen LogP contribution in [0.15, 0.2) is 40.9 Å². The molecular formula is C14H12FNO3. The molecule has 0 amide bonds. The maximum Gasteiger partial charge on any atom is 0.330 e. The van der Waals surface area contributed by atoms with E-state index in [9.17, 15) is 9.18 Å². The van der Waals surface area contributed by atoms with Crippen LogP contribution in [0.1, 0.15) is 12.6 Å². The lowest BCUT2D eigenvalue weighted by Crippen LogP contribution is -1.98. The molecular weight excluding hydrogens is 249 g/mol. The molecule has 0 unspecified atom stereocenters. The van der Waals surface area contributed by atoms with Gasteiger partial charge in [-0.05, 0) is 25.1 Å². The molecule has 0 N–H and O–H groups in total. The van der Waals surface area contributed by atoms with E-state index in [1.165, 1.54) is 18.2 Å². The molecule has 0 saturated heterocycles. The van der Waals surface area contributed by atoms with Crippen molar-refractivity contribution in [2.45, 2.75) is 6.92 Å². The second-order valence-electron chi connectivity index (χ2n) is 3.68. The minimum Gasteiger partial charge on any atom is -0.463 e. The number of esters is 1. The number of aromatic nitrogens is 1. The average molecular weight is 261 g/mol. The first-order chi connectivity index (χ1) is 9.20. The molecule has 0 fully saturated rings. The van der Waals surface area contributed by atoms with Crippen LogP contribution < -0.4 is 0 Å². The van der Waals surface area contributed by atoms with Crippen LogP contribution in [-0.2, 0) is 9.53 Å². The molecule has 0 aliphatic carbocycles. The number of nitrogens with zero attached hydrogens (tertiary/aromatic N) is 1. The zero-order valence-corrected chi connectivity index (χ0v) is 10.3. The quantitative estimate of drug-likeness (QED) is 0.627. The Balaban J connectivity index is 2.16. The molecule has 0 radical (unpaired) electrons. The molecule has 2 aromatic rings. The largest absolute Gasteiger partial charge is 0.463 e. The topological polar surface area (TPSA) is 52.3 Å². The molecule has 5 heteroatoms. The van der Waals surface area contributed by atoms with Gasteiger partial charge in [-0.15, -0.1) is 0 Å². The highest BCUT2D eigenvalue weighted by Gasteiger charge is 2.09. The number of rotatable bonds is 4. The van der Waals surface area contributed by atoms with Gasteiger partial charge in [-0.25, -0.2) is 9.18 Å². The lowest BCUT2D eigenvalue weighted by atomic mass is 10.1. The van der Waals surface area contributed by atoms with Crippen molar-refractivity contribution in [3.05, 3.63) is 47.9 Å². The molecule has 0 aliphatic rings. The lowest BCUT2D eigenvalue weighted by Gasteiger charge is -1.95. The Bertz CT molecular complexity index is 604. The van der Waals surface area contributed by atoms with E-state index >= 15 is 0 Å². The fraction of sp³-hybridized carbons (Fsp3) is 0.143. The van der Waals surface area contributed by atoms with Gasteiger partial charge in [0.2, 0.25) is 0 Å². The summed E-state index contributed by atoms with van der Waals surface area (Å²) in [4.78, 5) is 11.1. The first-order valence-corrected chi connectivity index (χ1v) is 5.77. The Morgan fingerprint density at radius 1 is 1.47 bits per heavy atom. The van der Waals surface area contributed by atoms with Crippen LogP contribution in [0.4, 0.5) is 4.39 Å². The highest BCUT2D eigenvalue weighted by Crippen LogP contribution is 2.23. The fourth-order valence-corrected chi connectivity index (χ4v) is 1.50. The second kappa shape index (κ2) is 5.95. The third kappa shape index (κ3) is 3.28. The molecule has 2 rings (SSSR count). The average Bonchev–Trinajstić information content (AvgIpc) is 2.86. The molecule has 0 atom stereocenters. The molecule has 1 heterocycles. The maximum atomic E-state index is 13.5. The number of hydrogen-bond donors (Lipinski definition) is 0. The Hall–Kier alpha value is -2.43. The Kier molecular flexibility index (Phi) is 4.07. The first-order valence-electron chi connectivity index (χ1n) is 5.77. The van der Waals surface area contributed by atoms with Crippen LogP contribution in [0.2, 0.25) is 0 Å². The monoisotopic (exact) mass is 261 g/mol. The minimum atomic E-state index is -0.460. The normalized spacial score (nSPS) is 10.8. The molecule has 0 aliphatic heterocycles. The van der Waals surface area contributed by atoms with Crippen molar-refractivity contribution in [1.82, 2.24) is 5.16 Å². The molecule has 1 aromatic carbocycles. The van der Waals surface area contributed by atoms with Crippen LogP contribution >= 0.6 is 0 Å². The summed E-state index contributed by atoms with van der Waals surface area (Å²) in [6, 6.07) is 7.78. The van der Waals surface area contributed by atoms with E-state index in [1.807, 2.05) is 0 Å². The van der Waals surface area contributed by atoms with Gasteiger partial charge in [0.1, 0.15) is 11.5 Å². The molecule has 4 nitrogen and oxygen atoms in total. The molecule has 0 saturated carbocycles. The van der Waals surface area contributed by atoms with E-state index in [-0.39, 0.29) is 5.82 Å². The predicted octanol–water partition coefficient (Wildman–Crippen LogP) is 3.06. The lowest BCUT2D eigenvalue weighted by molar-refractivity contribution is -0.137. The molecule has 1 aromatic heterocycles. The van der Waals surface area contributed by atoms with Gasteiger partial charge in [0.05, 0.1) is 12.2 Å². The summed E-state index contributed by atoms with van der Waals surface area (Å²) in [5, 5.41) is 3.73. The molecule has 98 valence electrons. The summed E-state index contributed by atoms with van der Waals surface area (Å²) < 4.78 is 23.3. The van der Waals surface area contributed by atoms with Crippen LogP contribution in [-0.4, -0.2) is 17.7 Å². The first kappa shape index (κ1) is 13.0. The molecule has 19 heavy (non-hydrogen) atoms. The van der Waals surface area contributed by atoms with Crippen molar-refractivity contribution in [2.75, 3.05) is 6.61 Å². The van der Waals surface area contributed by atoms with E-state index in [1.54, 1.807) is 31.2 Å². The zero-order chi connectivity index (χ0) is 13.7. The van der Waals surface area contributed by atoms with Crippen LogP contribution in [0, 0.1) is 5.82 Å². The Morgan fingerprint density at radius 2 is 2.26 bits per heavy atom. The van der Waals surface area contributed by atoms with E-state index in [2.05, 4.69) is 5.16 Å². The van der Waals surface area contributed by atoms with Gasteiger partial charge in [-0.2, -0.15) is 0 Å². The summed E-state index contributed by atoms with van der Waals surface area (Å²) in [7, 11) is 0. The van der Waals surface area contributed by atoms with Gasteiger partial charge < -0.3 is 9.26 Å². The highest BCUT2D eigenvalue weighted by atomic mass is 19.1. The summed E-state index contributed by atoms with van der Waals surface area (Å²) in [5.41, 5.74) is 0.747.